The molecule has 120 valence electrons. The summed E-state index contributed by atoms with van der Waals surface area (Å²) in [6.45, 7) is 1.91. The molecule has 0 saturated carbocycles. The Kier molecular flexibility index (Phi) is 3.86. The molecular formula is C18H18O5. The summed E-state index contributed by atoms with van der Waals surface area (Å²) in [5.74, 6) is 1.50. The lowest BCUT2D eigenvalue weighted by Gasteiger charge is -2.18. The van der Waals surface area contributed by atoms with E-state index in [4.69, 9.17) is 18.9 Å². The molecule has 3 rings (SSSR count). The van der Waals surface area contributed by atoms with Crippen molar-refractivity contribution in [2.45, 2.75) is 13.0 Å². The molecule has 5 heteroatoms. The first-order valence-corrected chi connectivity index (χ1v) is 7.21. The van der Waals surface area contributed by atoms with E-state index in [9.17, 15) is 4.79 Å². The van der Waals surface area contributed by atoms with E-state index in [0.29, 0.717) is 17.1 Å². The van der Waals surface area contributed by atoms with E-state index in [-0.39, 0.29) is 0 Å². The Hall–Kier alpha value is -2.69. The molecule has 1 aliphatic rings. The number of ether oxygens (including phenoxy) is 4. The molecule has 0 amide bonds. The summed E-state index contributed by atoms with van der Waals surface area (Å²) in [6.07, 6.45) is -0.521. The van der Waals surface area contributed by atoms with Crippen LogP contribution in [0.1, 0.15) is 33.2 Å². The summed E-state index contributed by atoms with van der Waals surface area (Å²) >= 11 is 0. The van der Waals surface area contributed by atoms with Crippen molar-refractivity contribution in [3.05, 3.63) is 52.6 Å². The second-order valence-electron chi connectivity index (χ2n) is 5.23. The second-order valence-corrected chi connectivity index (χ2v) is 5.23. The van der Waals surface area contributed by atoms with E-state index in [2.05, 4.69) is 0 Å². The fourth-order valence-electron chi connectivity index (χ4n) is 3.01. The number of carbonyl (C=O) groups is 1. The predicted octanol–water partition coefficient (Wildman–Crippen LogP) is 3.28. The van der Waals surface area contributed by atoms with Gasteiger partial charge in [0.25, 0.3) is 0 Å². The summed E-state index contributed by atoms with van der Waals surface area (Å²) in [4.78, 5) is 12.3. The highest BCUT2D eigenvalue weighted by atomic mass is 16.6. The number of hydrogen-bond donors (Lipinski definition) is 0. The van der Waals surface area contributed by atoms with E-state index in [1.165, 1.54) is 7.11 Å². The van der Waals surface area contributed by atoms with Crippen molar-refractivity contribution < 1.29 is 23.7 Å². The minimum atomic E-state index is -0.521. The highest BCUT2D eigenvalue weighted by Crippen LogP contribution is 2.45. The van der Waals surface area contributed by atoms with Crippen LogP contribution in [-0.2, 0) is 4.74 Å². The van der Waals surface area contributed by atoms with Crippen molar-refractivity contribution in [1.82, 2.24) is 0 Å². The van der Waals surface area contributed by atoms with Gasteiger partial charge in [0, 0.05) is 16.7 Å². The van der Waals surface area contributed by atoms with Gasteiger partial charge >= 0.3 is 5.97 Å². The third-order valence-corrected chi connectivity index (χ3v) is 4.08. The van der Waals surface area contributed by atoms with Gasteiger partial charge in [-0.3, -0.25) is 0 Å². The van der Waals surface area contributed by atoms with Crippen LogP contribution in [0.15, 0.2) is 30.3 Å². The molecule has 0 fully saturated rings. The summed E-state index contributed by atoms with van der Waals surface area (Å²) in [6, 6.07) is 9.16. The largest absolute Gasteiger partial charge is 0.496 e. The number of fused-ring (bicyclic) bond motifs is 1. The van der Waals surface area contributed by atoms with Gasteiger partial charge in [0.15, 0.2) is 6.10 Å². The van der Waals surface area contributed by atoms with Crippen molar-refractivity contribution in [2.75, 3.05) is 21.3 Å². The number of cyclic esters (lactones) is 1. The van der Waals surface area contributed by atoms with Crippen molar-refractivity contribution in [2.24, 2.45) is 0 Å². The molecule has 23 heavy (non-hydrogen) atoms. The fourth-order valence-corrected chi connectivity index (χ4v) is 3.01. The summed E-state index contributed by atoms with van der Waals surface area (Å²) < 4.78 is 21.7. The highest BCUT2D eigenvalue weighted by molar-refractivity contribution is 5.97. The van der Waals surface area contributed by atoms with Gasteiger partial charge in [0.05, 0.1) is 21.3 Å². The molecule has 1 heterocycles. The molecule has 1 unspecified atom stereocenters. The fraction of sp³-hybridized carbons (Fsp3) is 0.278. The second kappa shape index (κ2) is 5.83. The van der Waals surface area contributed by atoms with E-state index >= 15 is 0 Å². The van der Waals surface area contributed by atoms with Crippen LogP contribution in [0.25, 0.3) is 0 Å². The first kappa shape index (κ1) is 15.2. The van der Waals surface area contributed by atoms with E-state index in [1.54, 1.807) is 20.3 Å². The molecule has 0 spiro atoms. The van der Waals surface area contributed by atoms with Crippen LogP contribution in [0.4, 0.5) is 0 Å². The average molecular weight is 314 g/mol. The van der Waals surface area contributed by atoms with E-state index in [1.807, 2.05) is 31.2 Å². The van der Waals surface area contributed by atoms with Crippen LogP contribution in [0.2, 0.25) is 0 Å². The van der Waals surface area contributed by atoms with Gasteiger partial charge in [-0.1, -0.05) is 12.1 Å². The third-order valence-electron chi connectivity index (χ3n) is 4.08. The van der Waals surface area contributed by atoms with Crippen LogP contribution < -0.4 is 14.2 Å². The molecule has 0 saturated heterocycles. The monoisotopic (exact) mass is 314 g/mol. The van der Waals surface area contributed by atoms with Crippen LogP contribution in [0.5, 0.6) is 17.2 Å². The standard InChI is InChI=1S/C18H18O5/c1-10-13(20-2)9-8-12(16(10)22-4)17-11-6-5-7-14(21-3)15(11)18(19)23-17/h5-9,17H,1-4H3. The van der Waals surface area contributed by atoms with Crippen LogP contribution in [0.3, 0.4) is 0 Å². The SMILES string of the molecule is COc1ccc(C2OC(=O)c3c(OC)cccc32)c(OC)c1C. The van der Waals surface area contributed by atoms with Crippen LogP contribution in [-0.4, -0.2) is 27.3 Å². The van der Waals surface area contributed by atoms with E-state index in [0.717, 1.165) is 22.4 Å². The van der Waals surface area contributed by atoms with Crippen LogP contribution in [0, 0.1) is 6.92 Å². The molecule has 5 nitrogen and oxygen atoms in total. The lowest BCUT2D eigenvalue weighted by molar-refractivity contribution is 0.0450. The maximum Gasteiger partial charge on any atom is 0.343 e. The van der Waals surface area contributed by atoms with Gasteiger partial charge in [-0.25, -0.2) is 4.79 Å². The molecule has 0 N–H and O–H groups in total. The normalized spacial score (nSPS) is 15.8. The molecule has 0 radical (unpaired) electrons. The highest BCUT2D eigenvalue weighted by Gasteiger charge is 2.37. The third kappa shape index (κ3) is 2.29. The van der Waals surface area contributed by atoms with Gasteiger partial charge in [-0.05, 0) is 25.1 Å². The summed E-state index contributed by atoms with van der Waals surface area (Å²) in [5.41, 5.74) is 2.89. The number of carbonyl (C=O) groups excluding carboxylic acids is 1. The minimum absolute atomic E-state index is 0.391. The predicted molar refractivity (Wildman–Crippen MR) is 84.5 cm³/mol. The summed E-state index contributed by atoms with van der Waals surface area (Å²) in [5, 5.41) is 0. The Morgan fingerprint density at radius 1 is 0.913 bits per heavy atom. The van der Waals surface area contributed by atoms with Crippen molar-refractivity contribution in [1.29, 1.82) is 0 Å². The van der Waals surface area contributed by atoms with Crippen molar-refractivity contribution >= 4 is 5.97 Å². The van der Waals surface area contributed by atoms with Gasteiger partial charge in [-0.15, -0.1) is 0 Å². The van der Waals surface area contributed by atoms with Gasteiger partial charge < -0.3 is 18.9 Å². The topological polar surface area (TPSA) is 54.0 Å². The quantitative estimate of drug-likeness (QED) is 0.811. The van der Waals surface area contributed by atoms with Gasteiger partial charge in [-0.2, -0.15) is 0 Å². The number of hydrogen-bond acceptors (Lipinski definition) is 5. The lowest BCUT2D eigenvalue weighted by atomic mass is 9.96. The molecule has 2 aromatic carbocycles. The number of rotatable bonds is 4. The smallest absolute Gasteiger partial charge is 0.343 e. The molecule has 0 bridgehead atoms. The number of benzene rings is 2. The molecule has 1 atom stereocenters. The molecule has 1 aliphatic heterocycles. The lowest BCUT2D eigenvalue weighted by Crippen LogP contribution is -2.05. The molecule has 0 aliphatic carbocycles. The number of esters is 1. The summed E-state index contributed by atoms with van der Waals surface area (Å²) in [7, 11) is 4.74. The van der Waals surface area contributed by atoms with Gasteiger partial charge in [0.1, 0.15) is 22.8 Å². The Labute approximate surface area is 134 Å². The zero-order valence-electron chi connectivity index (χ0n) is 13.5. The number of methoxy groups -OCH3 is 3. The zero-order valence-corrected chi connectivity index (χ0v) is 13.5. The van der Waals surface area contributed by atoms with Crippen LogP contribution >= 0.6 is 0 Å². The minimum Gasteiger partial charge on any atom is -0.496 e. The Balaban J connectivity index is 2.16. The van der Waals surface area contributed by atoms with Crippen molar-refractivity contribution in [3.63, 3.8) is 0 Å². The van der Waals surface area contributed by atoms with E-state index < -0.39 is 12.1 Å². The molecular weight excluding hydrogens is 296 g/mol. The maximum atomic E-state index is 12.3. The Morgan fingerprint density at radius 3 is 2.30 bits per heavy atom. The average Bonchev–Trinajstić information content (AvgIpc) is 2.91. The van der Waals surface area contributed by atoms with Gasteiger partial charge in [0.2, 0.25) is 0 Å². The Morgan fingerprint density at radius 2 is 1.65 bits per heavy atom. The van der Waals surface area contributed by atoms with Crippen molar-refractivity contribution in [3.8, 4) is 17.2 Å². The molecule has 2 aromatic rings. The molecule has 0 aromatic heterocycles. The first-order valence-electron chi connectivity index (χ1n) is 7.21. The first-order chi connectivity index (χ1) is 11.1. The Bertz CT molecular complexity index is 766. The maximum absolute atomic E-state index is 12.3. The zero-order chi connectivity index (χ0) is 16.6.